The number of rotatable bonds is 4. The Bertz CT molecular complexity index is 336. The highest BCUT2D eigenvalue weighted by Crippen LogP contribution is 2.19. The molecule has 0 saturated heterocycles. The quantitative estimate of drug-likeness (QED) is 0.757. The fraction of sp³-hybridized carbons (Fsp3) is 0.417. The van der Waals surface area contributed by atoms with Gasteiger partial charge < -0.3 is 0 Å². The lowest BCUT2D eigenvalue weighted by atomic mass is 10.1. The van der Waals surface area contributed by atoms with Crippen molar-refractivity contribution < 1.29 is 4.39 Å². The second-order valence-corrected chi connectivity index (χ2v) is 3.30. The molecule has 1 atom stereocenters. The molecule has 3 heteroatoms. The molecular weight excluding hydrogens is 191 g/mol. The Hall–Kier alpha value is -1.40. The Kier molecular flexibility index (Phi) is 4.26. The molecule has 0 aliphatic heterocycles. The van der Waals surface area contributed by atoms with Crippen molar-refractivity contribution in [3.05, 3.63) is 35.6 Å². The first-order valence-electron chi connectivity index (χ1n) is 5.12. The summed E-state index contributed by atoms with van der Waals surface area (Å²) in [5, 5.41) is 9.10. The average molecular weight is 206 g/mol. The van der Waals surface area contributed by atoms with Crippen LogP contribution in [0.2, 0.25) is 0 Å². The molecule has 0 fully saturated rings. The van der Waals surface area contributed by atoms with Crippen LogP contribution in [0.3, 0.4) is 0 Å². The van der Waals surface area contributed by atoms with E-state index in [1.807, 2.05) is 18.7 Å². The number of hydrogen-bond donors (Lipinski definition) is 0. The third kappa shape index (κ3) is 2.77. The Morgan fingerprint density at radius 2 is 1.80 bits per heavy atom. The SMILES string of the molecule is CCN(CC)C(C#N)c1ccc(F)cc1. The van der Waals surface area contributed by atoms with Gasteiger partial charge in [0.25, 0.3) is 0 Å². The minimum absolute atomic E-state index is 0.269. The molecule has 1 unspecified atom stereocenters. The molecule has 0 heterocycles. The maximum Gasteiger partial charge on any atom is 0.123 e. The van der Waals surface area contributed by atoms with Gasteiger partial charge in [0.2, 0.25) is 0 Å². The van der Waals surface area contributed by atoms with E-state index in [4.69, 9.17) is 5.26 Å². The summed E-state index contributed by atoms with van der Waals surface area (Å²) in [6, 6.07) is 8.09. The van der Waals surface area contributed by atoms with E-state index < -0.39 is 0 Å². The summed E-state index contributed by atoms with van der Waals surface area (Å²) in [6.07, 6.45) is 0. The van der Waals surface area contributed by atoms with Gasteiger partial charge in [-0.2, -0.15) is 5.26 Å². The molecule has 1 aromatic rings. The van der Waals surface area contributed by atoms with Crippen LogP contribution in [0.1, 0.15) is 25.5 Å². The zero-order chi connectivity index (χ0) is 11.3. The summed E-state index contributed by atoms with van der Waals surface area (Å²) in [5.74, 6) is -0.269. The van der Waals surface area contributed by atoms with Crippen LogP contribution in [0.25, 0.3) is 0 Å². The van der Waals surface area contributed by atoms with Crippen molar-refractivity contribution in [1.29, 1.82) is 5.26 Å². The Labute approximate surface area is 89.9 Å². The molecule has 2 nitrogen and oxygen atoms in total. The standard InChI is InChI=1S/C12H15FN2/c1-3-15(4-2)12(9-14)10-5-7-11(13)8-6-10/h5-8,12H,3-4H2,1-2H3. The molecule has 0 aliphatic rings. The average Bonchev–Trinajstić information content (AvgIpc) is 2.27. The highest BCUT2D eigenvalue weighted by atomic mass is 19.1. The first-order chi connectivity index (χ1) is 7.22. The number of hydrogen-bond acceptors (Lipinski definition) is 2. The van der Waals surface area contributed by atoms with Crippen molar-refractivity contribution in [2.24, 2.45) is 0 Å². The van der Waals surface area contributed by atoms with Crippen molar-refractivity contribution in [2.75, 3.05) is 13.1 Å². The van der Waals surface area contributed by atoms with Crippen LogP contribution in [-0.2, 0) is 0 Å². The van der Waals surface area contributed by atoms with E-state index in [1.54, 1.807) is 12.1 Å². The summed E-state index contributed by atoms with van der Waals surface area (Å²) >= 11 is 0. The number of nitriles is 1. The maximum absolute atomic E-state index is 12.7. The van der Waals surface area contributed by atoms with E-state index in [2.05, 4.69) is 6.07 Å². The fourth-order valence-electron chi connectivity index (χ4n) is 1.60. The minimum atomic E-state index is -0.277. The van der Waals surface area contributed by atoms with Crippen LogP contribution >= 0.6 is 0 Å². The first kappa shape index (κ1) is 11.7. The zero-order valence-corrected chi connectivity index (χ0v) is 9.07. The van der Waals surface area contributed by atoms with Crippen LogP contribution in [0.4, 0.5) is 4.39 Å². The lowest BCUT2D eigenvalue weighted by molar-refractivity contribution is 0.262. The van der Waals surface area contributed by atoms with Crippen molar-refractivity contribution in [3.63, 3.8) is 0 Å². The summed E-state index contributed by atoms with van der Waals surface area (Å²) in [7, 11) is 0. The Balaban J connectivity index is 2.92. The van der Waals surface area contributed by atoms with Crippen LogP contribution in [-0.4, -0.2) is 18.0 Å². The molecule has 0 N–H and O–H groups in total. The second kappa shape index (κ2) is 5.47. The first-order valence-corrected chi connectivity index (χ1v) is 5.12. The minimum Gasteiger partial charge on any atom is -0.285 e. The molecule has 0 aliphatic carbocycles. The maximum atomic E-state index is 12.7. The fourth-order valence-corrected chi connectivity index (χ4v) is 1.60. The van der Waals surface area contributed by atoms with Gasteiger partial charge in [-0.05, 0) is 30.8 Å². The highest BCUT2D eigenvalue weighted by molar-refractivity contribution is 5.24. The monoisotopic (exact) mass is 206 g/mol. The third-order valence-corrected chi connectivity index (χ3v) is 2.49. The predicted molar refractivity (Wildman–Crippen MR) is 57.7 cm³/mol. The Morgan fingerprint density at radius 1 is 1.27 bits per heavy atom. The van der Waals surface area contributed by atoms with Crippen LogP contribution in [0.5, 0.6) is 0 Å². The smallest absolute Gasteiger partial charge is 0.123 e. The number of benzene rings is 1. The van der Waals surface area contributed by atoms with Gasteiger partial charge in [0.05, 0.1) is 6.07 Å². The third-order valence-electron chi connectivity index (χ3n) is 2.49. The number of halogens is 1. The molecule has 0 bridgehead atoms. The van der Waals surface area contributed by atoms with Gasteiger partial charge >= 0.3 is 0 Å². The summed E-state index contributed by atoms with van der Waals surface area (Å²) in [6.45, 7) is 5.65. The molecule has 0 saturated carbocycles. The van der Waals surface area contributed by atoms with E-state index in [-0.39, 0.29) is 11.9 Å². The molecule has 0 aromatic heterocycles. The van der Waals surface area contributed by atoms with Gasteiger partial charge in [0, 0.05) is 0 Å². The molecule has 15 heavy (non-hydrogen) atoms. The Morgan fingerprint density at radius 3 is 2.20 bits per heavy atom. The molecule has 80 valence electrons. The van der Waals surface area contributed by atoms with Gasteiger partial charge in [-0.3, -0.25) is 4.90 Å². The predicted octanol–water partition coefficient (Wildman–Crippen LogP) is 2.73. The normalized spacial score (nSPS) is 12.5. The van der Waals surface area contributed by atoms with Gasteiger partial charge in [0.1, 0.15) is 11.9 Å². The molecule has 0 spiro atoms. The van der Waals surface area contributed by atoms with Gasteiger partial charge in [-0.1, -0.05) is 26.0 Å². The molecular formula is C12H15FN2. The molecule has 0 amide bonds. The van der Waals surface area contributed by atoms with Crippen LogP contribution in [0, 0.1) is 17.1 Å². The largest absolute Gasteiger partial charge is 0.285 e. The second-order valence-electron chi connectivity index (χ2n) is 3.30. The summed E-state index contributed by atoms with van der Waals surface area (Å²) < 4.78 is 12.7. The van der Waals surface area contributed by atoms with E-state index in [9.17, 15) is 4.39 Å². The molecule has 1 aromatic carbocycles. The van der Waals surface area contributed by atoms with E-state index >= 15 is 0 Å². The van der Waals surface area contributed by atoms with Gasteiger partial charge in [-0.25, -0.2) is 4.39 Å². The summed E-state index contributed by atoms with van der Waals surface area (Å²) in [4.78, 5) is 2.03. The van der Waals surface area contributed by atoms with Gasteiger partial charge in [-0.15, -0.1) is 0 Å². The van der Waals surface area contributed by atoms with E-state index in [1.165, 1.54) is 12.1 Å². The van der Waals surface area contributed by atoms with E-state index in [0.29, 0.717) is 0 Å². The summed E-state index contributed by atoms with van der Waals surface area (Å²) in [5.41, 5.74) is 0.850. The highest BCUT2D eigenvalue weighted by Gasteiger charge is 2.16. The van der Waals surface area contributed by atoms with Crippen molar-refractivity contribution in [1.82, 2.24) is 4.90 Å². The van der Waals surface area contributed by atoms with Crippen molar-refractivity contribution in [2.45, 2.75) is 19.9 Å². The van der Waals surface area contributed by atoms with Crippen LogP contribution in [0.15, 0.2) is 24.3 Å². The molecule has 1 rings (SSSR count). The van der Waals surface area contributed by atoms with E-state index in [0.717, 1.165) is 18.7 Å². The zero-order valence-electron chi connectivity index (χ0n) is 9.07. The molecule has 0 radical (unpaired) electrons. The van der Waals surface area contributed by atoms with Gasteiger partial charge in [0.15, 0.2) is 0 Å². The number of nitrogens with zero attached hydrogens (tertiary/aromatic N) is 2. The van der Waals surface area contributed by atoms with Crippen molar-refractivity contribution in [3.8, 4) is 6.07 Å². The topological polar surface area (TPSA) is 27.0 Å². The van der Waals surface area contributed by atoms with Crippen molar-refractivity contribution >= 4 is 0 Å². The lowest BCUT2D eigenvalue weighted by Gasteiger charge is -2.24. The van der Waals surface area contributed by atoms with Crippen LogP contribution < -0.4 is 0 Å². The lowest BCUT2D eigenvalue weighted by Crippen LogP contribution is -2.27.